The lowest BCUT2D eigenvalue weighted by molar-refractivity contribution is -0.236. The van der Waals surface area contributed by atoms with E-state index in [1.54, 1.807) is 52.0 Å². The van der Waals surface area contributed by atoms with Gasteiger partial charge in [-0.1, -0.05) is 15.9 Å². The lowest BCUT2D eigenvalue weighted by Gasteiger charge is -2.35. The number of hydrogen-bond acceptors (Lipinski definition) is 7. The smallest absolute Gasteiger partial charge is 0.343 e. The number of fused-ring (bicyclic) bond motifs is 3. The molecule has 5 atom stereocenters. The van der Waals surface area contributed by atoms with Crippen LogP contribution < -0.4 is 4.74 Å². The first-order chi connectivity index (χ1) is 12.1. The van der Waals surface area contributed by atoms with Crippen LogP contribution in [0.3, 0.4) is 0 Å². The summed E-state index contributed by atoms with van der Waals surface area (Å²) >= 11 is 3.35. The van der Waals surface area contributed by atoms with Gasteiger partial charge < -0.3 is 28.4 Å². The van der Waals surface area contributed by atoms with Crippen molar-refractivity contribution in [1.29, 1.82) is 0 Å². The zero-order valence-corrected chi connectivity index (χ0v) is 16.5. The zero-order valence-electron chi connectivity index (χ0n) is 14.9. The quantitative estimate of drug-likeness (QED) is 0.529. The summed E-state index contributed by atoms with van der Waals surface area (Å²) in [5.74, 6) is -1.83. The molecular formula is C18H21BrO7. The lowest BCUT2D eigenvalue weighted by Crippen LogP contribution is -2.58. The highest BCUT2D eigenvalue weighted by Gasteiger charge is 2.62. The molecule has 142 valence electrons. The first-order valence-corrected chi connectivity index (χ1v) is 9.27. The van der Waals surface area contributed by atoms with E-state index in [1.165, 1.54) is 0 Å². The molecule has 0 radical (unpaired) electrons. The molecule has 26 heavy (non-hydrogen) atoms. The second-order valence-electron chi connectivity index (χ2n) is 7.47. The van der Waals surface area contributed by atoms with E-state index >= 15 is 0 Å². The Hall–Kier alpha value is -1.03. The summed E-state index contributed by atoms with van der Waals surface area (Å²) in [5, 5.41) is 0. The average Bonchev–Trinajstić information content (AvgIpc) is 3.02. The third kappa shape index (κ3) is 3.42. The van der Waals surface area contributed by atoms with Crippen molar-refractivity contribution in [3.63, 3.8) is 0 Å². The molecule has 0 saturated carbocycles. The van der Waals surface area contributed by atoms with E-state index in [2.05, 4.69) is 15.9 Å². The highest BCUT2D eigenvalue weighted by atomic mass is 79.9. The standard InChI is InChI=1S/C18H21BrO7/c1-17(2)23-11-12(24-17)14-16(26-18(3,4)25-14)22-13(11)15(20)21-10-7-5-9(19)6-8-10/h5-8,11-14,16H,1-4H3/t11-,12-,13-,14-,16+/m1/s1. The van der Waals surface area contributed by atoms with Crippen LogP contribution in [0.25, 0.3) is 0 Å². The molecule has 0 bridgehead atoms. The van der Waals surface area contributed by atoms with E-state index in [9.17, 15) is 4.79 Å². The Labute approximate surface area is 160 Å². The summed E-state index contributed by atoms with van der Waals surface area (Å²) in [7, 11) is 0. The van der Waals surface area contributed by atoms with Gasteiger partial charge in [-0.3, -0.25) is 0 Å². The van der Waals surface area contributed by atoms with Crippen LogP contribution in [0.5, 0.6) is 5.75 Å². The van der Waals surface area contributed by atoms with Gasteiger partial charge in [0.2, 0.25) is 0 Å². The maximum Gasteiger partial charge on any atom is 0.343 e. The van der Waals surface area contributed by atoms with E-state index in [-0.39, 0.29) is 0 Å². The summed E-state index contributed by atoms with van der Waals surface area (Å²) < 4.78 is 35.8. The van der Waals surface area contributed by atoms with Crippen LogP contribution in [0.2, 0.25) is 0 Å². The highest BCUT2D eigenvalue weighted by molar-refractivity contribution is 9.10. The predicted octanol–water partition coefficient (Wildman–Crippen LogP) is 2.75. The van der Waals surface area contributed by atoms with Crippen molar-refractivity contribution in [1.82, 2.24) is 0 Å². The first-order valence-electron chi connectivity index (χ1n) is 8.48. The average molecular weight is 429 g/mol. The fourth-order valence-corrected chi connectivity index (χ4v) is 3.74. The number of carbonyl (C=O) groups excluding carboxylic acids is 1. The summed E-state index contributed by atoms with van der Waals surface area (Å²) in [6.45, 7) is 7.16. The minimum absolute atomic E-state index is 0.419. The van der Waals surface area contributed by atoms with Gasteiger partial charge in [-0.2, -0.15) is 0 Å². The van der Waals surface area contributed by atoms with Crippen molar-refractivity contribution in [3.05, 3.63) is 28.7 Å². The van der Waals surface area contributed by atoms with Crippen molar-refractivity contribution in [2.75, 3.05) is 0 Å². The maximum atomic E-state index is 12.8. The summed E-state index contributed by atoms with van der Waals surface area (Å²) in [6, 6.07) is 6.97. The molecule has 0 amide bonds. The van der Waals surface area contributed by atoms with Gasteiger partial charge in [0.25, 0.3) is 0 Å². The third-order valence-corrected chi connectivity index (χ3v) is 4.95. The molecule has 3 fully saturated rings. The molecular weight excluding hydrogens is 408 g/mol. The first kappa shape index (κ1) is 18.3. The number of rotatable bonds is 2. The third-order valence-electron chi connectivity index (χ3n) is 4.42. The normalized spacial score (nSPS) is 37.0. The second-order valence-corrected chi connectivity index (χ2v) is 8.38. The molecule has 3 saturated heterocycles. The van der Waals surface area contributed by atoms with Crippen LogP contribution in [0.15, 0.2) is 28.7 Å². The molecule has 3 aliphatic heterocycles. The monoisotopic (exact) mass is 428 g/mol. The molecule has 1 aromatic rings. The Morgan fingerprint density at radius 3 is 2.19 bits per heavy atom. The molecule has 0 aliphatic carbocycles. The van der Waals surface area contributed by atoms with Crippen molar-refractivity contribution in [2.45, 2.75) is 70.0 Å². The van der Waals surface area contributed by atoms with Gasteiger partial charge >= 0.3 is 5.97 Å². The number of esters is 1. The molecule has 0 aromatic heterocycles. The number of carbonyl (C=O) groups is 1. The molecule has 1 aromatic carbocycles. The highest BCUT2D eigenvalue weighted by Crippen LogP contribution is 2.44. The summed E-state index contributed by atoms with van der Waals surface area (Å²) in [6.07, 6.45) is -3.33. The minimum atomic E-state index is -0.982. The van der Waals surface area contributed by atoms with Crippen LogP contribution >= 0.6 is 15.9 Å². The van der Waals surface area contributed by atoms with E-state index in [1.807, 2.05) is 0 Å². The van der Waals surface area contributed by atoms with Crippen LogP contribution in [0.4, 0.5) is 0 Å². The Balaban J connectivity index is 1.57. The topological polar surface area (TPSA) is 72.5 Å². The van der Waals surface area contributed by atoms with Gasteiger partial charge in [-0.25, -0.2) is 4.79 Å². The Bertz CT molecular complexity index is 702. The fourth-order valence-electron chi connectivity index (χ4n) is 3.48. The minimum Gasteiger partial charge on any atom is -0.425 e. The molecule has 0 N–H and O–H groups in total. The molecule has 3 heterocycles. The molecule has 4 rings (SSSR count). The zero-order chi connectivity index (χ0) is 18.7. The van der Waals surface area contributed by atoms with E-state index in [4.69, 9.17) is 28.4 Å². The predicted molar refractivity (Wildman–Crippen MR) is 92.3 cm³/mol. The van der Waals surface area contributed by atoms with Gasteiger partial charge in [-0.15, -0.1) is 0 Å². The molecule has 0 unspecified atom stereocenters. The second kappa shape index (κ2) is 6.25. The van der Waals surface area contributed by atoms with Gasteiger partial charge in [0.05, 0.1) is 0 Å². The molecule has 7 nitrogen and oxygen atoms in total. The SMILES string of the molecule is CC1(C)O[C@@H]2[C@@H](O1)[C@H](C(=O)Oc1ccc(Br)cc1)O[C@H]1OC(C)(C)O[C@@H]12. The van der Waals surface area contributed by atoms with E-state index in [0.29, 0.717) is 5.75 Å². The summed E-state index contributed by atoms with van der Waals surface area (Å²) in [4.78, 5) is 12.8. The number of hydrogen-bond donors (Lipinski definition) is 0. The molecule has 8 heteroatoms. The largest absolute Gasteiger partial charge is 0.425 e. The van der Waals surface area contributed by atoms with Crippen LogP contribution in [-0.2, 0) is 28.5 Å². The Kier molecular flexibility index (Phi) is 4.41. The number of ether oxygens (including phenoxy) is 6. The van der Waals surface area contributed by atoms with Crippen molar-refractivity contribution >= 4 is 21.9 Å². The van der Waals surface area contributed by atoms with E-state index in [0.717, 1.165) is 4.47 Å². The summed E-state index contributed by atoms with van der Waals surface area (Å²) in [5.41, 5.74) is 0. The van der Waals surface area contributed by atoms with Gasteiger partial charge in [0, 0.05) is 4.47 Å². The van der Waals surface area contributed by atoms with Crippen molar-refractivity contribution in [3.8, 4) is 5.75 Å². The fraction of sp³-hybridized carbons (Fsp3) is 0.611. The Morgan fingerprint density at radius 2 is 1.50 bits per heavy atom. The van der Waals surface area contributed by atoms with Crippen molar-refractivity contribution < 1.29 is 33.2 Å². The van der Waals surface area contributed by atoms with Crippen LogP contribution in [-0.4, -0.2) is 48.2 Å². The number of halogens is 1. The van der Waals surface area contributed by atoms with E-state index < -0.39 is 48.2 Å². The van der Waals surface area contributed by atoms with Gasteiger partial charge in [0.1, 0.15) is 24.1 Å². The number of benzene rings is 1. The molecule has 0 spiro atoms. The Morgan fingerprint density at radius 1 is 0.923 bits per heavy atom. The van der Waals surface area contributed by atoms with Crippen LogP contribution in [0.1, 0.15) is 27.7 Å². The van der Waals surface area contributed by atoms with Crippen LogP contribution in [0, 0.1) is 0 Å². The maximum absolute atomic E-state index is 12.8. The molecule has 3 aliphatic rings. The van der Waals surface area contributed by atoms with Crippen molar-refractivity contribution in [2.24, 2.45) is 0 Å². The van der Waals surface area contributed by atoms with Gasteiger partial charge in [0.15, 0.2) is 24.0 Å². The van der Waals surface area contributed by atoms with Gasteiger partial charge in [-0.05, 0) is 52.0 Å². The lowest BCUT2D eigenvalue weighted by atomic mass is 9.99.